The third-order valence-electron chi connectivity index (χ3n) is 3.50. The topological polar surface area (TPSA) is 41.1 Å². The third kappa shape index (κ3) is 1.39. The van der Waals surface area contributed by atoms with Gasteiger partial charge in [-0.15, -0.1) is 0 Å². The van der Waals surface area contributed by atoms with Crippen molar-refractivity contribution in [2.45, 2.75) is 31.2 Å². The van der Waals surface area contributed by atoms with E-state index in [1.54, 1.807) is 6.07 Å². The van der Waals surface area contributed by atoms with Gasteiger partial charge in [0.1, 0.15) is 5.54 Å². The summed E-state index contributed by atoms with van der Waals surface area (Å²) >= 11 is 5.90. The second kappa shape index (κ2) is 3.39. The van der Waals surface area contributed by atoms with Gasteiger partial charge in [0, 0.05) is 5.02 Å². The molecule has 2 aliphatic rings. The van der Waals surface area contributed by atoms with Gasteiger partial charge in [0.15, 0.2) is 0 Å². The molecule has 4 heteroatoms. The van der Waals surface area contributed by atoms with Crippen LogP contribution >= 0.6 is 11.6 Å². The lowest BCUT2D eigenvalue weighted by molar-refractivity contribution is -0.120. The fourth-order valence-corrected chi connectivity index (χ4v) is 2.79. The first-order valence-electron chi connectivity index (χ1n) is 5.59. The van der Waals surface area contributed by atoms with E-state index in [1.165, 1.54) is 0 Å². The van der Waals surface area contributed by atoms with Gasteiger partial charge in [-0.3, -0.25) is 4.79 Å². The molecule has 1 aromatic rings. The molecule has 0 radical (unpaired) electrons. The number of amides is 1. The van der Waals surface area contributed by atoms with E-state index in [0.717, 1.165) is 37.1 Å². The minimum Gasteiger partial charge on any atom is -0.370 e. The van der Waals surface area contributed by atoms with Crippen molar-refractivity contribution in [2.75, 3.05) is 10.6 Å². The molecule has 1 aliphatic carbocycles. The summed E-state index contributed by atoms with van der Waals surface area (Å²) in [6, 6.07) is 5.55. The van der Waals surface area contributed by atoms with Crippen molar-refractivity contribution in [1.82, 2.24) is 0 Å². The van der Waals surface area contributed by atoms with E-state index in [-0.39, 0.29) is 11.4 Å². The third-order valence-corrected chi connectivity index (χ3v) is 3.73. The Balaban J connectivity index is 2.01. The Morgan fingerprint density at radius 2 is 1.94 bits per heavy atom. The number of anilines is 2. The van der Waals surface area contributed by atoms with Crippen molar-refractivity contribution in [3.05, 3.63) is 23.2 Å². The van der Waals surface area contributed by atoms with Gasteiger partial charge < -0.3 is 10.6 Å². The number of halogens is 1. The van der Waals surface area contributed by atoms with Gasteiger partial charge in [0.05, 0.1) is 11.4 Å². The average molecular weight is 237 g/mol. The highest BCUT2D eigenvalue weighted by molar-refractivity contribution is 6.31. The largest absolute Gasteiger partial charge is 0.370 e. The van der Waals surface area contributed by atoms with E-state index >= 15 is 0 Å². The zero-order chi connectivity index (χ0) is 11.2. The molecule has 16 heavy (non-hydrogen) atoms. The molecule has 1 heterocycles. The molecular formula is C12H13ClN2O. The maximum Gasteiger partial charge on any atom is 0.250 e. The van der Waals surface area contributed by atoms with Crippen LogP contribution in [0.25, 0.3) is 0 Å². The quantitative estimate of drug-likeness (QED) is 0.727. The minimum absolute atomic E-state index is 0.0831. The highest BCUT2D eigenvalue weighted by atomic mass is 35.5. The normalized spacial score (nSPS) is 21.4. The van der Waals surface area contributed by atoms with Crippen molar-refractivity contribution in [3.63, 3.8) is 0 Å². The monoisotopic (exact) mass is 236 g/mol. The Morgan fingerprint density at radius 1 is 1.19 bits per heavy atom. The predicted octanol–water partition coefficient (Wildman–Crippen LogP) is 3.02. The van der Waals surface area contributed by atoms with Crippen molar-refractivity contribution in [1.29, 1.82) is 0 Å². The van der Waals surface area contributed by atoms with Gasteiger partial charge in [-0.1, -0.05) is 24.4 Å². The Hall–Kier alpha value is -1.22. The first-order chi connectivity index (χ1) is 7.70. The highest BCUT2D eigenvalue weighted by Gasteiger charge is 2.43. The number of rotatable bonds is 0. The molecule has 1 amide bonds. The lowest BCUT2D eigenvalue weighted by atomic mass is 9.93. The summed E-state index contributed by atoms with van der Waals surface area (Å²) < 4.78 is 0. The molecule has 0 bridgehead atoms. The zero-order valence-electron chi connectivity index (χ0n) is 8.85. The van der Waals surface area contributed by atoms with Crippen molar-refractivity contribution in [2.24, 2.45) is 0 Å². The average Bonchev–Trinajstić information content (AvgIpc) is 2.70. The molecule has 2 N–H and O–H groups in total. The van der Waals surface area contributed by atoms with Crippen molar-refractivity contribution < 1.29 is 4.79 Å². The Bertz CT molecular complexity index is 452. The standard InChI is InChI=1S/C12H13ClN2O/c13-8-3-4-9-10(7-8)14-11(16)12(15-9)5-1-2-6-12/h3-4,7,15H,1-2,5-6H2,(H,14,16). The molecule has 0 unspecified atom stereocenters. The molecule has 3 nitrogen and oxygen atoms in total. The molecule has 1 aromatic carbocycles. The predicted molar refractivity (Wildman–Crippen MR) is 64.9 cm³/mol. The number of benzene rings is 1. The highest BCUT2D eigenvalue weighted by Crippen LogP contribution is 2.40. The summed E-state index contributed by atoms with van der Waals surface area (Å²) in [6.45, 7) is 0. The molecule has 1 spiro atoms. The van der Waals surface area contributed by atoms with Crippen LogP contribution in [0.5, 0.6) is 0 Å². The van der Waals surface area contributed by atoms with Crippen LogP contribution in [0.15, 0.2) is 18.2 Å². The number of nitrogens with one attached hydrogen (secondary N) is 2. The first-order valence-corrected chi connectivity index (χ1v) is 5.97. The van der Waals surface area contributed by atoms with Crippen LogP contribution in [-0.2, 0) is 4.79 Å². The number of hydrogen-bond donors (Lipinski definition) is 2. The van der Waals surface area contributed by atoms with Gasteiger partial charge in [0.25, 0.3) is 0 Å². The summed E-state index contributed by atoms with van der Waals surface area (Å²) in [7, 11) is 0. The van der Waals surface area contributed by atoms with Crippen LogP contribution in [0.1, 0.15) is 25.7 Å². The number of carbonyl (C=O) groups is 1. The molecule has 1 fully saturated rings. The lowest BCUT2D eigenvalue weighted by Crippen LogP contribution is -2.50. The minimum atomic E-state index is -0.374. The van der Waals surface area contributed by atoms with E-state index in [0.29, 0.717) is 5.02 Å². The summed E-state index contributed by atoms with van der Waals surface area (Å²) in [6.07, 6.45) is 4.06. The van der Waals surface area contributed by atoms with E-state index in [4.69, 9.17) is 11.6 Å². The first kappa shape index (κ1) is 9.97. The fraction of sp³-hybridized carbons (Fsp3) is 0.417. The molecule has 1 saturated carbocycles. The van der Waals surface area contributed by atoms with E-state index in [1.807, 2.05) is 12.1 Å². The van der Waals surface area contributed by atoms with E-state index in [9.17, 15) is 4.79 Å². The Labute approximate surface area is 99.2 Å². The summed E-state index contributed by atoms with van der Waals surface area (Å²) in [5.74, 6) is 0.0831. The maximum absolute atomic E-state index is 12.1. The maximum atomic E-state index is 12.1. The second-order valence-electron chi connectivity index (χ2n) is 4.56. The number of hydrogen-bond acceptors (Lipinski definition) is 2. The van der Waals surface area contributed by atoms with Gasteiger partial charge in [-0.2, -0.15) is 0 Å². The molecular weight excluding hydrogens is 224 g/mol. The van der Waals surface area contributed by atoms with E-state index in [2.05, 4.69) is 10.6 Å². The van der Waals surface area contributed by atoms with Crippen LogP contribution in [0, 0.1) is 0 Å². The summed E-state index contributed by atoms with van der Waals surface area (Å²) in [5, 5.41) is 6.97. The molecule has 84 valence electrons. The molecule has 0 aromatic heterocycles. The van der Waals surface area contributed by atoms with Crippen molar-refractivity contribution >= 4 is 28.9 Å². The molecule has 0 atom stereocenters. The Kier molecular flexibility index (Phi) is 2.11. The molecule has 1 aliphatic heterocycles. The molecule has 0 saturated heterocycles. The summed E-state index contributed by atoms with van der Waals surface area (Å²) in [4.78, 5) is 12.1. The zero-order valence-corrected chi connectivity index (χ0v) is 9.60. The van der Waals surface area contributed by atoms with Crippen molar-refractivity contribution in [3.8, 4) is 0 Å². The van der Waals surface area contributed by atoms with Gasteiger partial charge >= 0.3 is 0 Å². The number of carbonyl (C=O) groups excluding carboxylic acids is 1. The smallest absolute Gasteiger partial charge is 0.250 e. The van der Waals surface area contributed by atoms with Gasteiger partial charge in [-0.05, 0) is 31.0 Å². The van der Waals surface area contributed by atoms with Gasteiger partial charge in [0.2, 0.25) is 5.91 Å². The summed E-state index contributed by atoms with van der Waals surface area (Å²) in [5.41, 5.74) is 1.39. The molecule has 3 rings (SSSR count). The SMILES string of the molecule is O=C1Nc2cc(Cl)ccc2NC12CCCC2. The van der Waals surface area contributed by atoms with Crippen LogP contribution in [0.2, 0.25) is 5.02 Å². The number of fused-ring (bicyclic) bond motifs is 1. The van der Waals surface area contributed by atoms with Crippen LogP contribution in [0.4, 0.5) is 11.4 Å². The Morgan fingerprint density at radius 3 is 2.69 bits per heavy atom. The second-order valence-corrected chi connectivity index (χ2v) is 4.99. The fourth-order valence-electron chi connectivity index (χ4n) is 2.62. The van der Waals surface area contributed by atoms with Gasteiger partial charge in [-0.25, -0.2) is 0 Å². The van der Waals surface area contributed by atoms with Crippen LogP contribution in [-0.4, -0.2) is 11.4 Å². The van der Waals surface area contributed by atoms with Crippen LogP contribution < -0.4 is 10.6 Å². The van der Waals surface area contributed by atoms with E-state index < -0.39 is 0 Å². The van der Waals surface area contributed by atoms with Crippen LogP contribution in [0.3, 0.4) is 0 Å². The lowest BCUT2D eigenvalue weighted by Gasteiger charge is -2.35.